The molecular formula is C15H15FN2O3. The molecule has 0 aliphatic heterocycles. The first-order valence-corrected chi connectivity index (χ1v) is 6.13. The Bertz CT molecular complexity index is 674. The van der Waals surface area contributed by atoms with Crippen LogP contribution in [0.5, 0.6) is 5.75 Å². The van der Waals surface area contributed by atoms with Gasteiger partial charge in [0.2, 0.25) is 0 Å². The van der Waals surface area contributed by atoms with Crippen molar-refractivity contribution in [2.75, 3.05) is 25.3 Å². The minimum Gasteiger partial charge on any atom is -0.494 e. The van der Waals surface area contributed by atoms with Gasteiger partial charge in [-0.3, -0.25) is 0 Å². The molecule has 0 saturated heterocycles. The van der Waals surface area contributed by atoms with Gasteiger partial charge in [0.25, 0.3) is 0 Å². The van der Waals surface area contributed by atoms with Crippen LogP contribution >= 0.6 is 0 Å². The fourth-order valence-corrected chi connectivity index (χ4v) is 1.81. The number of anilines is 3. The molecule has 2 aromatic carbocycles. The zero-order valence-electron chi connectivity index (χ0n) is 11.6. The zero-order valence-corrected chi connectivity index (χ0v) is 11.6. The predicted molar refractivity (Wildman–Crippen MR) is 78.4 cm³/mol. The molecule has 0 aromatic heterocycles. The molecule has 0 aliphatic rings. The third-order valence-electron chi connectivity index (χ3n) is 2.91. The summed E-state index contributed by atoms with van der Waals surface area (Å²) in [5.74, 6) is -0.819. The largest absolute Gasteiger partial charge is 0.494 e. The number of carbonyl (C=O) groups is 1. The number of hydrogen-bond acceptors (Lipinski definition) is 5. The smallest absolute Gasteiger partial charge is 0.337 e. The molecule has 21 heavy (non-hydrogen) atoms. The number of esters is 1. The molecule has 0 radical (unpaired) electrons. The van der Waals surface area contributed by atoms with Crippen molar-refractivity contribution < 1.29 is 18.7 Å². The molecule has 0 atom stereocenters. The molecule has 0 saturated carbocycles. The number of carbonyl (C=O) groups excluding carboxylic acids is 1. The van der Waals surface area contributed by atoms with Crippen LogP contribution in [0.15, 0.2) is 36.4 Å². The number of rotatable bonds is 4. The van der Waals surface area contributed by atoms with Crippen LogP contribution in [-0.2, 0) is 4.74 Å². The fraction of sp³-hybridized carbons (Fsp3) is 0.133. The lowest BCUT2D eigenvalue weighted by Crippen LogP contribution is -2.04. The molecule has 0 amide bonds. The molecule has 6 heteroatoms. The molecule has 0 spiro atoms. The maximum Gasteiger partial charge on any atom is 0.337 e. The minimum absolute atomic E-state index is 0.150. The Hall–Kier alpha value is -2.76. The summed E-state index contributed by atoms with van der Waals surface area (Å²) >= 11 is 0. The Balaban J connectivity index is 2.30. The van der Waals surface area contributed by atoms with Crippen LogP contribution < -0.4 is 15.8 Å². The Morgan fingerprint density at radius 3 is 2.57 bits per heavy atom. The Morgan fingerprint density at radius 2 is 1.95 bits per heavy atom. The SMILES string of the molecule is COC(=O)c1ccc(N)c(Nc2ccc(OC)c(F)c2)c1. The maximum atomic E-state index is 13.6. The Labute approximate surface area is 121 Å². The van der Waals surface area contributed by atoms with Crippen molar-refractivity contribution in [1.29, 1.82) is 0 Å². The lowest BCUT2D eigenvalue weighted by atomic mass is 10.1. The molecule has 0 aliphatic carbocycles. The van der Waals surface area contributed by atoms with Crippen molar-refractivity contribution in [3.63, 3.8) is 0 Å². The van der Waals surface area contributed by atoms with E-state index in [1.165, 1.54) is 26.4 Å². The van der Waals surface area contributed by atoms with E-state index in [1.807, 2.05) is 0 Å². The number of methoxy groups -OCH3 is 2. The van der Waals surface area contributed by atoms with Crippen LogP contribution in [0, 0.1) is 5.82 Å². The number of nitrogens with one attached hydrogen (secondary N) is 1. The standard InChI is InChI=1S/C15H15FN2O3/c1-20-14-6-4-10(8-11(14)16)18-13-7-9(15(19)21-2)3-5-12(13)17/h3-8,18H,17H2,1-2H3. The van der Waals surface area contributed by atoms with Crippen molar-refractivity contribution in [1.82, 2.24) is 0 Å². The van der Waals surface area contributed by atoms with E-state index in [2.05, 4.69) is 10.1 Å². The fourth-order valence-electron chi connectivity index (χ4n) is 1.81. The zero-order chi connectivity index (χ0) is 15.4. The Morgan fingerprint density at radius 1 is 1.19 bits per heavy atom. The summed E-state index contributed by atoms with van der Waals surface area (Å²) in [5.41, 5.74) is 7.60. The van der Waals surface area contributed by atoms with Gasteiger partial charge >= 0.3 is 5.97 Å². The van der Waals surface area contributed by atoms with E-state index in [9.17, 15) is 9.18 Å². The van der Waals surface area contributed by atoms with Gasteiger partial charge in [-0.15, -0.1) is 0 Å². The van der Waals surface area contributed by atoms with Gasteiger partial charge < -0.3 is 20.5 Å². The first kappa shape index (κ1) is 14.6. The Kier molecular flexibility index (Phi) is 4.27. The number of nitrogen functional groups attached to an aromatic ring is 1. The molecule has 110 valence electrons. The topological polar surface area (TPSA) is 73.6 Å². The molecule has 5 nitrogen and oxygen atoms in total. The van der Waals surface area contributed by atoms with Crippen molar-refractivity contribution in [3.05, 3.63) is 47.8 Å². The van der Waals surface area contributed by atoms with Crippen LogP contribution in [0.1, 0.15) is 10.4 Å². The first-order chi connectivity index (χ1) is 10.0. The lowest BCUT2D eigenvalue weighted by Gasteiger charge is -2.11. The van der Waals surface area contributed by atoms with Crippen LogP contribution in [0.3, 0.4) is 0 Å². The van der Waals surface area contributed by atoms with E-state index in [4.69, 9.17) is 10.5 Å². The number of halogens is 1. The molecule has 2 aromatic rings. The summed E-state index contributed by atoms with van der Waals surface area (Å²) in [6.45, 7) is 0. The van der Waals surface area contributed by atoms with E-state index in [1.54, 1.807) is 24.3 Å². The van der Waals surface area contributed by atoms with Crippen LogP contribution in [0.2, 0.25) is 0 Å². The van der Waals surface area contributed by atoms with Crippen molar-refractivity contribution in [2.45, 2.75) is 0 Å². The second kappa shape index (κ2) is 6.13. The normalized spacial score (nSPS) is 10.0. The highest BCUT2D eigenvalue weighted by atomic mass is 19.1. The van der Waals surface area contributed by atoms with Gasteiger partial charge in [-0.05, 0) is 30.3 Å². The number of nitrogens with two attached hydrogens (primary N) is 1. The van der Waals surface area contributed by atoms with Gasteiger partial charge in [0.1, 0.15) is 0 Å². The molecular weight excluding hydrogens is 275 g/mol. The highest BCUT2D eigenvalue weighted by Gasteiger charge is 2.10. The quantitative estimate of drug-likeness (QED) is 0.669. The number of ether oxygens (including phenoxy) is 2. The molecule has 0 heterocycles. The first-order valence-electron chi connectivity index (χ1n) is 6.13. The molecule has 0 bridgehead atoms. The van der Waals surface area contributed by atoms with Gasteiger partial charge in [-0.2, -0.15) is 0 Å². The van der Waals surface area contributed by atoms with Gasteiger partial charge in [-0.25, -0.2) is 9.18 Å². The van der Waals surface area contributed by atoms with Crippen LogP contribution in [0.25, 0.3) is 0 Å². The van der Waals surface area contributed by atoms with Gasteiger partial charge in [0.05, 0.1) is 31.2 Å². The van der Waals surface area contributed by atoms with E-state index in [-0.39, 0.29) is 5.75 Å². The summed E-state index contributed by atoms with van der Waals surface area (Å²) in [7, 11) is 2.69. The number of hydrogen-bond donors (Lipinski definition) is 2. The van der Waals surface area contributed by atoms with Crippen LogP contribution in [0.4, 0.5) is 21.5 Å². The highest BCUT2D eigenvalue weighted by molar-refractivity contribution is 5.92. The molecule has 2 rings (SSSR count). The van der Waals surface area contributed by atoms with Gasteiger partial charge in [-0.1, -0.05) is 0 Å². The average Bonchev–Trinajstić information content (AvgIpc) is 2.49. The van der Waals surface area contributed by atoms with E-state index < -0.39 is 11.8 Å². The predicted octanol–water partition coefficient (Wildman–Crippen LogP) is 2.95. The molecule has 3 N–H and O–H groups in total. The molecule has 0 fully saturated rings. The lowest BCUT2D eigenvalue weighted by molar-refractivity contribution is 0.0601. The third-order valence-corrected chi connectivity index (χ3v) is 2.91. The second-order valence-corrected chi connectivity index (χ2v) is 4.27. The van der Waals surface area contributed by atoms with Crippen molar-refractivity contribution in [2.24, 2.45) is 0 Å². The van der Waals surface area contributed by atoms with E-state index in [0.29, 0.717) is 22.6 Å². The van der Waals surface area contributed by atoms with Crippen molar-refractivity contribution >= 4 is 23.0 Å². The molecule has 0 unspecified atom stereocenters. The monoisotopic (exact) mass is 290 g/mol. The summed E-state index contributed by atoms with van der Waals surface area (Å²) < 4.78 is 23.1. The summed E-state index contributed by atoms with van der Waals surface area (Å²) in [5, 5.41) is 2.96. The number of benzene rings is 2. The van der Waals surface area contributed by atoms with Crippen LogP contribution in [-0.4, -0.2) is 20.2 Å². The van der Waals surface area contributed by atoms with Gasteiger partial charge in [0, 0.05) is 11.8 Å². The minimum atomic E-state index is -0.495. The maximum absolute atomic E-state index is 13.6. The summed E-state index contributed by atoms with van der Waals surface area (Å²) in [6, 6.07) is 9.10. The summed E-state index contributed by atoms with van der Waals surface area (Å²) in [6.07, 6.45) is 0. The average molecular weight is 290 g/mol. The highest BCUT2D eigenvalue weighted by Crippen LogP contribution is 2.27. The second-order valence-electron chi connectivity index (χ2n) is 4.27. The van der Waals surface area contributed by atoms with E-state index >= 15 is 0 Å². The van der Waals surface area contributed by atoms with E-state index in [0.717, 1.165) is 0 Å². The third kappa shape index (κ3) is 3.22. The van der Waals surface area contributed by atoms with Crippen molar-refractivity contribution in [3.8, 4) is 5.75 Å². The van der Waals surface area contributed by atoms with Gasteiger partial charge in [0.15, 0.2) is 11.6 Å². The summed E-state index contributed by atoms with van der Waals surface area (Å²) in [4.78, 5) is 11.5.